The number of aromatic carboxylic acids is 3. The fraction of sp³-hybridized carbons (Fsp3) is 0.386. The summed E-state index contributed by atoms with van der Waals surface area (Å²) in [7, 11) is -1.46. The van der Waals surface area contributed by atoms with Crippen LogP contribution >= 0.6 is 0 Å². The summed E-state index contributed by atoms with van der Waals surface area (Å²) in [5, 5.41) is 53.6. The molecule has 0 saturated heterocycles. The highest BCUT2D eigenvalue weighted by Crippen LogP contribution is 2.66. The highest BCUT2D eigenvalue weighted by Gasteiger charge is 2.59. The molecule has 0 amide bonds. The number of Topliss-reactive ketones (excluding diaryl/α,β-unsaturated/α-hetero) is 1. The van der Waals surface area contributed by atoms with E-state index in [0.717, 1.165) is 61.6 Å². The fourth-order valence-corrected chi connectivity index (χ4v) is 9.83. The van der Waals surface area contributed by atoms with Crippen molar-refractivity contribution in [2.75, 3.05) is 0 Å². The van der Waals surface area contributed by atoms with Gasteiger partial charge in [-0.1, -0.05) is 55.8 Å². The number of hydrogen-bond acceptors (Lipinski definition) is 12. The van der Waals surface area contributed by atoms with Crippen LogP contribution in [-0.2, 0) is 14.4 Å². The molecular weight excluding hydrogens is 793 g/mol. The van der Waals surface area contributed by atoms with Gasteiger partial charge in [0.2, 0.25) is 0 Å². The number of ether oxygens (including phenoxy) is 1. The molecular formula is C44H48BNO15. The molecule has 7 rings (SSSR count). The summed E-state index contributed by atoms with van der Waals surface area (Å²) < 4.78 is 4.45. The van der Waals surface area contributed by atoms with E-state index < -0.39 is 46.8 Å². The second-order valence-corrected chi connectivity index (χ2v) is 16.0. The van der Waals surface area contributed by atoms with Gasteiger partial charge in [-0.3, -0.25) is 29.3 Å². The largest absolute Gasteiger partial charge is 0.488 e. The first-order valence-corrected chi connectivity index (χ1v) is 19.6. The van der Waals surface area contributed by atoms with E-state index in [1.54, 1.807) is 6.92 Å². The van der Waals surface area contributed by atoms with Gasteiger partial charge in [-0.2, -0.15) is 0 Å². The number of rotatable bonds is 9. The average molecular weight is 842 g/mol. The van der Waals surface area contributed by atoms with Crippen molar-refractivity contribution >= 4 is 60.5 Å². The van der Waals surface area contributed by atoms with Gasteiger partial charge in [0.25, 0.3) is 12.2 Å². The summed E-state index contributed by atoms with van der Waals surface area (Å²) in [5.41, 5.74) is 0.801. The first-order valence-electron chi connectivity index (χ1n) is 19.6. The van der Waals surface area contributed by atoms with Gasteiger partial charge in [0.1, 0.15) is 17.8 Å². The van der Waals surface area contributed by atoms with Crippen LogP contribution in [0.25, 0.3) is 0 Å². The van der Waals surface area contributed by atoms with E-state index in [1.807, 2.05) is 6.08 Å². The van der Waals surface area contributed by atoms with Crippen LogP contribution in [0.5, 0.6) is 5.75 Å². The Bertz CT molecular complexity index is 2170. The Morgan fingerprint density at radius 1 is 0.836 bits per heavy atom. The molecule has 5 N–H and O–H groups in total. The summed E-state index contributed by atoms with van der Waals surface area (Å²) in [6.07, 6.45) is 11.6. The van der Waals surface area contributed by atoms with E-state index in [-0.39, 0.29) is 28.6 Å². The minimum atomic E-state index is -1.64. The zero-order valence-electron chi connectivity index (χ0n) is 33.9. The molecule has 16 nitrogen and oxygen atoms in total. The molecule has 0 aliphatic heterocycles. The first-order chi connectivity index (χ1) is 28.8. The number of allylic oxidation sites excluding steroid dienone is 1. The van der Waals surface area contributed by atoms with E-state index in [9.17, 15) is 43.7 Å². The number of benzene rings is 3. The highest BCUT2D eigenvalue weighted by molar-refractivity contribution is 6.58. The van der Waals surface area contributed by atoms with Crippen molar-refractivity contribution in [1.29, 1.82) is 0 Å². The van der Waals surface area contributed by atoms with Crippen LogP contribution in [0.1, 0.15) is 114 Å². The van der Waals surface area contributed by atoms with Crippen LogP contribution in [0.15, 0.2) is 78.4 Å². The van der Waals surface area contributed by atoms with Gasteiger partial charge in [-0.15, -0.1) is 0 Å². The summed E-state index contributed by atoms with van der Waals surface area (Å²) in [6.45, 7) is 6.90. The number of fused-ring (bicyclic) bond motifs is 5. The molecule has 4 aliphatic carbocycles. The van der Waals surface area contributed by atoms with Gasteiger partial charge in [0.15, 0.2) is 11.3 Å². The standard InChI is InChI=1S/C21H30O2.C8H5NO6.C8H6O4.C7H7BO3/c1-13(22)17-6-7-18-16-5-4-14-12-15(23)8-10-20(14,2)19(16)9-11-21(17,18)3;10-7(11)4-2-1-3-5(9(14)15)6(4)8(12)13;9-5-12-7-3-1-2-6(4-7)8(10)11;9-5-6-1-3-7(4-2-6)8(10)11/h12,16-19H,4-11H2,1-3H3;1-3H,(H,10,11)(H,12,13);1-5H,(H,10,11);1-5,10-11H/t16-,17+,18-,19-,20-,21+;;;/m0.../s1. The molecule has 3 fully saturated rings. The van der Waals surface area contributed by atoms with Crippen molar-refractivity contribution in [3.05, 3.63) is 111 Å². The Hall–Kier alpha value is -6.33. The number of nitro groups is 1. The van der Waals surface area contributed by atoms with Gasteiger partial charge >= 0.3 is 25.0 Å². The Morgan fingerprint density at radius 3 is 2.07 bits per heavy atom. The highest BCUT2D eigenvalue weighted by atomic mass is 16.6. The molecule has 0 radical (unpaired) electrons. The second kappa shape index (κ2) is 20.3. The van der Waals surface area contributed by atoms with Crippen molar-refractivity contribution in [1.82, 2.24) is 0 Å². The van der Waals surface area contributed by atoms with Gasteiger partial charge < -0.3 is 30.1 Å². The molecule has 0 bridgehead atoms. The van der Waals surface area contributed by atoms with Crippen molar-refractivity contribution in [2.24, 2.45) is 34.5 Å². The third-order valence-corrected chi connectivity index (χ3v) is 12.8. The molecule has 0 spiro atoms. The lowest BCUT2D eigenvalue weighted by atomic mass is 9.47. The lowest BCUT2D eigenvalue weighted by molar-refractivity contribution is -0.385. The number of nitro benzene ring substituents is 1. The van der Waals surface area contributed by atoms with E-state index in [4.69, 9.17) is 25.4 Å². The SMILES string of the molecule is CC(=O)[C@H]1CC[C@H]2[C@@H]3CCC4=CC(=O)CC[C@]4(C)[C@H]3CC[C@]12C.O=C(O)c1cccc([N+](=O)[O-])c1C(=O)O.O=COc1cccc(C(=O)O)c1.O=Cc1ccc(B(O)O)cc1. The topological polar surface area (TPSA) is 273 Å². The maximum atomic E-state index is 12.1. The number of ketones is 2. The average Bonchev–Trinajstić information content (AvgIpc) is 3.59. The summed E-state index contributed by atoms with van der Waals surface area (Å²) in [4.78, 5) is 85.3. The molecule has 61 heavy (non-hydrogen) atoms. The number of carboxylic acid groups (broad SMARTS) is 3. The van der Waals surface area contributed by atoms with Crippen LogP contribution in [0, 0.1) is 44.6 Å². The third-order valence-electron chi connectivity index (χ3n) is 12.8. The number of carbonyl (C=O) groups excluding carboxylic acids is 4. The van der Waals surface area contributed by atoms with Crippen molar-refractivity contribution in [3.8, 4) is 5.75 Å². The van der Waals surface area contributed by atoms with E-state index in [1.165, 1.54) is 79.8 Å². The van der Waals surface area contributed by atoms with Gasteiger partial charge in [-0.25, -0.2) is 14.4 Å². The summed E-state index contributed by atoms with van der Waals surface area (Å²) >= 11 is 0. The smallest absolute Gasteiger partial charge is 0.478 e. The third kappa shape index (κ3) is 10.9. The minimum absolute atomic E-state index is 0.0920. The van der Waals surface area contributed by atoms with E-state index in [0.29, 0.717) is 34.8 Å². The molecule has 322 valence electrons. The lowest BCUT2D eigenvalue weighted by Gasteiger charge is -2.58. The predicted molar refractivity (Wildman–Crippen MR) is 220 cm³/mol. The van der Waals surface area contributed by atoms with E-state index >= 15 is 0 Å². The van der Waals surface area contributed by atoms with Crippen LogP contribution in [0.2, 0.25) is 0 Å². The van der Waals surface area contributed by atoms with Crippen molar-refractivity contribution < 1.29 is 68.6 Å². The maximum Gasteiger partial charge on any atom is 0.488 e. The molecule has 17 heteroatoms. The number of aldehydes is 1. The number of nitrogens with zero attached hydrogens (tertiary/aromatic N) is 1. The van der Waals surface area contributed by atoms with Gasteiger partial charge in [0, 0.05) is 24.0 Å². The van der Waals surface area contributed by atoms with E-state index in [2.05, 4.69) is 18.6 Å². The van der Waals surface area contributed by atoms with Gasteiger partial charge in [0.05, 0.1) is 16.1 Å². The summed E-state index contributed by atoms with van der Waals surface area (Å²) in [6, 6.07) is 14.8. The normalized spacial score (nSPS) is 24.3. The van der Waals surface area contributed by atoms with Crippen LogP contribution in [0.4, 0.5) is 5.69 Å². The molecule has 0 unspecified atom stereocenters. The molecule has 0 heterocycles. The molecule has 3 aromatic carbocycles. The molecule has 6 atom stereocenters. The first kappa shape index (κ1) is 47.4. The van der Waals surface area contributed by atoms with Crippen LogP contribution in [0.3, 0.4) is 0 Å². The zero-order valence-corrected chi connectivity index (χ0v) is 33.9. The number of carbonyl (C=O) groups is 7. The van der Waals surface area contributed by atoms with Crippen LogP contribution in [-0.4, -0.2) is 79.6 Å². The van der Waals surface area contributed by atoms with Crippen LogP contribution < -0.4 is 10.2 Å². The lowest BCUT2D eigenvalue weighted by Crippen LogP contribution is -2.51. The molecule has 0 aromatic heterocycles. The quantitative estimate of drug-likeness (QED) is 0.0736. The fourth-order valence-electron chi connectivity index (χ4n) is 9.83. The number of hydrogen-bond donors (Lipinski definition) is 5. The summed E-state index contributed by atoms with van der Waals surface area (Å²) in [5.74, 6) is -0.689. The molecule has 4 aliphatic rings. The maximum absolute atomic E-state index is 12.1. The minimum Gasteiger partial charge on any atom is -0.478 e. The molecule has 3 aromatic rings. The predicted octanol–water partition coefficient (Wildman–Crippen LogP) is 5.81. The Kier molecular flexibility index (Phi) is 15.8. The van der Waals surface area contributed by atoms with Crippen molar-refractivity contribution in [3.63, 3.8) is 0 Å². The monoisotopic (exact) mass is 841 g/mol. The zero-order chi connectivity index (χ0) is 45.2. The Morgan fingerprint density at radius 2 is 1.51 bits per heavy atom. The second-order valence-electron chi connectivity index (χ2n) is 16.0. The Labute approximate surface area is 351 Å². The van der Waals surface area contributed by atoms with Gasteiger partial charge in [-0.05, 0) is 116 Å². The Balaban J connectivity index is 0.000000189. The number of carboxylic acids is 3. The van der Waals surface area contributed by atoms with Crippen molar-refractivity contribution in [2.45, 2.75) is 72.1 Å². The molecule has 3 saturated carbocycles.